The molecule has 156 valence electrons. The Morgan fingerprint density at radius 3 is 2.33 bits per heavy atom. The number of amides is 3. The molecule has 3 amide bonds. The van der Waals surface area contributed by atoms with Crippen LogP contribution in [0.15, 0.2) is 42.5 Å². The molecule has 7 nitrogen and oxygen atoms in total. The second-order valence-corrected chi connectivity index (χ2v) is 6.73. The zero-order valence-electron chi connectivity index (χ0n) is 15.9. The maximum atomic E-state index is 13.4. The zero-order chi connectivity index (χ0) is 22.3. The van der Waals surface area contributed by atoms with Gasteiger partial charge < -0.3 is 9.84 Å². The molecule has 0 spiro atoms. The lowest BCUT2D eigenvalue weighted by molar-refractivity contribution is -0.137. The summed E-state index contributed by atoms with van der Waals surface area (Å²) in [4.78, 5) is 28.1. The van der Waals surface area contributed by atoms with Crippen LogP contribution in [0.1, 0.15) is 23.6 Å². The second-order valence-electron chi connectivity index (χ2n) is 6.73. The number of methoxy groups -OCH3 is 1. The Balaban J connectivity index is 2.16. The van der Waals surface area contributed by atoms with E-state index in [1.807, 2.05) is 0 Å². The van der Waals surface area contributed by atoms with Crippen molar-refractivity contribution in [3.8, 4) is 11.8 Å². The number of phenols is 1. The summed E-state index contributed by atoms with van der Waals surface area (Å²) in [7, 11) is 1.31. The Labute approximate surface area is 169 Å². The standard InChI is InChI=1S/C20H16F3N3O4/c1-19(13-4-7-15(27)8-5-13)17(28)26(18(29)25(19)11-30-2)14-6-3-12(10-24)16(9-14)20(21,22)23/h3-9,27H,11H2,1-2H3/t19-/m1/s1. The van der Waals surface area contributed by atoms with Gasteiger partial charge >= 0.3 is 12.2 Å². The Hall–Kier alpha value is -3.58. The van der Waals surface area contributed by atoms with Gasteiger partial charge in [-0.3, -0.25) is 9.69 Å². The van der Waals surface area contributed by atoms with Crippen molar-refractivity contribution in [2.75, 3.05) is 18.7 Å². The lowest BCUT2D eigenvalue weighted by Gasteiger charge is -2.31. The number of urea groups is 1. The summed E-state index contributed by atoms with van der Waals surface area (Å²) in [6.07, 6.45) is -4.85. The number of ether oxygens (including phenoxy) is 1. The molecule has 1 saturated heterocycles. The SMILES string of the molecule is COCN1C(=O)N(c2ccc(C#N)c(C(F)(F)F)c2)C(=O)[C@@]1(C)c1ccc(O)cc1. The highest BCUT2D eigenvalue weighted by molar-refractivity contribution is 6.23. The summed E-state index contributed by atoms with van der Waals surface area (Å²) >= 11 is 0. The van der Waals surface area contributed by atoms with Crippen molar-refractivity contribution in [1.29, 1.82) is 5.26 Å². The van der Waals surface area contributed by atoms with E-state index in [-0.39, 0.29) is 18.2 Å². The molecule has 0 saturated carbocycles. The lowest BCUT2D eigenvalue weighted by atomic mass is 9.90. The number of anilines is 1. The number of imide groups is 1. The van der Waals surface area contributed by atoms with Crippen LogP contribution in [0.25, 0.3) is 0 Å². The number of alkyl halides is 3. The van der Waals surface area contributed by atoms with E-state index in [0.717, 1.165) is 17.0 Å². The van der Waals surface area contributed by atoms with Crippen LogP contribution >= 0.6 is 0 Å². The average molecular weight is 419 g/mol. The van der Waals surface area contributed by atoms with Crippen molar-refractivity contribution in [1.82, 2.24) is 4.90 Å². The number of nitrogens with zero attached hydrogens (tertiary/aromatic N) is 3. The van der Waals surface area contributed by atoms with Gasteiger partial charge in [0.2, 0.25) is 0 Å². The van der Waals surface area contributed by atoms with Gasteiger partial charge in [-0.05, 0) is 42.8 Å². The third kappa shape index (κ3) is 3.23. The van der Waals surface area contributed by atoms with E-state index in [1.54, 1.807) is 0 Å². The summed E-state index contributed by atoms with van der Waals surface area (Å²) in [5.74, 6) is -0.857. The first-order valence-electron chi connectivity index (χ1n) is 8.61. The van der Waals surface area contributed by atoms with E-state index >= 15 is 0 Å². The first kappa shape index (κ1) is 21.1. The summed E-state index contributed by atoms with van der Waals surface area (Å²) in [6, 6.07) is 8.73. The van der Waals surface area contributed by atoms with Crippen molar-refractivity contribution in [3.05, 3.63) is 59.2 Å². The number of hydrogen-bond donors (Lipinski definition) is 1. The Morgan fingerprint density at radius 1 is 1.17 bits per heavy atom. The van der Waals surface area contributed by atoms with Crippen molar-refractivity contribution >= 4 is 17.6 Å². The van der Waals surface area contributed by atoms with Gasteiger partial charge in [0.15, 0.2) is 0 Å². The van der Waals surface area contributed by atoms with Gasteiger partial charge in [0.05, 0.1) is 22.9 Å². The third-order valence-corrected chi connectivity index (χ3v) is 4.96. The summed E-state index contributed by atoms with van der Waals surface area (Å²) < 4.78 is 45.1. The number of benzene rings is 2. The average Bonchev–Trinajstić information content (AvgIpc) is 2.89. The van der Waals surface area contributed by atoms with Crippen LogP contribution in [0.4, 0.5) is 23.7 Å². The fourth-order valence-electron chi connectivity index (χ4n) is 3.34. The maximum Gasteiger partial charge on any atom is 0.417 e. The minimum Gasteiger partial charge on any atom is -0.508 e. The summed E-state index contributed by atoms with van der Waals surface area (Å²) in [5.41, 5.74) is -3.45. The van der Waals surface area contributed by atoms with E-state index in [9.17, 15) is 27.9 Å². The number of carbonyl (C=O) groups is 2. The molecule has 1 aliphatic heterocycles. The van der Waals surface area contributed by atoms with E-state index < -0.39 is 34.8 Å². The van der Waals surface area contributed by atoms with E-state index in [1.165, 1.54) is 44.4 Å². The molecule has 0 unspecified atom stereocenters. The van der Waals surface area contributed by atoms with Crippen molar-refractivity contribution in [3.63, 3.8) is 0 Å². The molecule has 10 heteroatoms. The first-order valence-corrected chi connectivity index (χ1v) is 8.61. The highest BCUT2D eigenvalue weighted by Crippen LogP contribution is 2.41. The van der Waals surface area contributed by atoms with Gasteiger partial charge in [0.25, 0.3) is 5.91 Å². The lowest BCUT2D eigenvalue weighted by Crippen LogP contribution is -2.45. The summed E-state index contributed by atoms with van der Waals surface area (Å²) in [5, 5.41) is 18.5. The number of carbonyl (C=O) groups excluding carboxylic acids is 2. The number of hydrogen-bond acceptors (Lipinski definition) is 5. The van der Waals surface area contributed by atoms with Crippen LogP contribution in [-0.2, 0) is 21.2 Å². The predicted molar refractivity (Wildman–Crippen MR) is 98.2 cm³/mol. The number of nitriles is 1. The normalized spacial score (nSPS) is 19.3. The molecule has 0 aromatic heterocycles. The molecule has 1 aliphatic rings. The smallest absolute Gasteiger partial charge is 0.417 e. The predicted octanol–water partition coefficient (Wildman–Crippen LogP) is 3.57. The van der Waals surface area contributed by atoms with Gasteiger partial charge in [0.1, 0.15) is 18.0 Å². The summed E-state index contributed by atoms with van der Waals surface area (Å²) in [6.45, 7) is 1.13. The van der Waals surface area contributed by atoms with Crippen LogP contribution in [0.2, 0.25) is 0 Å². The maximum absolute atomic E-state index is 13.4. The molecular formula is C20H16F3N3O4. The second kappa shape index (κ2) is 7.35. The Morgan fingerprint density at radius 2 is 1.80 bits per heavy atom. The molecule has 0 bridgehead atoms. The Bertz CT molecular complexity index is 1050. The quantitative estimate of drug-likeness (QED) is 0.765. The Kier molecular flexibility index (Phi) is 5.18. The highest BCUT2D eigenvalue weighted by atomic mass is 19.4. The molecule has 0 aliphatic carbocycles. The van der Waals surface area contributed by atoms with Crippen LogP contribution < -0.4 is 4.90 Å². The van der Waals surface area contributed by atoms with Gasteiger partial charge in [-0.25, -0.2) is 9.69 Å². The van der Waals surface area contributed by atoms with Gasteiger partial charge in [-0.15, -0.1) is 0 Å². The third-order valence-electron chi connectivity index (χ3n) is 4.96. The fraction of sp³-hybridized carbons (Fsp3) is 0.250. The van der Waals surface area contributed by atoms with Crippen molar-refractivity contribution < 1.29 is 32.6 Å². The zero-order valence-corrected chi connectivity index (χ0v) is 15.9. The van der Waals surface area contributed by atoms with Gasteiger partial charge in [0, 0.05) is 7.11 Å². The monoisotopic (exact) mass is 419 g/mol. The largest absolute Gasteiger partial charge is 0.508 e. The minimum atomic E-state index is -4.85. The van der Waals surface area contributed by atoms with Crippen LogP contribution in [-0.4, -0.2) is 35.8 Å². The number of aromatic hydroxyl groups is 1. The molecule has 0 radical (unpaired) electrons. The van der Waals surface area contributed by atoms with Crippen LogP contribution in [0.5, 0.6) is 5.75 Å². The molecule has 1 N–H and O–H groups in total. The molecular weight excluding hydrogens is 403 g/mol. The van der Waals surface area contributed by atoms with Crippen LogP contribution in [0, 0.1) is 11.3 Å². The van der Waals surface area contributed by atoms with Crippen LogP contribution in [0.3, 0.4) is 0 Å². The molecule has 1 fully saturated rings. The molecule has 30 heavy (non-hydrogen) atoms. The highest BCUT2D eigenvalue weighted by Gasteiger charge is 2.56. The van der Waals surface area contributed by atoms with Gasteiger partial charge in [-0.1, -0.05) is 12.1 Å². The first-order chi connectivity index (χ1) is 14.1. The number of halogens is 3. The molecule has 3 rings (SSSR count). The van der Waals surface area contributed by atoms with E-state index in [2.05, 4.69) is 0 Å². The van der Waals surface area contributed by atoms with Gasteiger partial charge in [-0.2, -0.15) is 18.4 Å². The molecule has 1 atom stereocenters. The fourth-order valence-corrected chi connectivity index (χ4v) is 3.34. The van der Waals surface area contributed by atoms with E-state index in [4.69, 9.17) is 10.00 Å². The number of phenolic OH excluding ortho intramolecular Hbond substituents is 1. The molecule has 1 heterocycles. The molecule has 2 aromatic carbocycles. The topological polar surface area (TPSA) is 93.9 Å². The molecule has 2 aromatic rings. The van der Waals surface area contributed by atoms with E-state index in [0.29, 0.717) is 16.5 Å². The number of rotatable bonds is 4. The van der Waals surface area contributed by atoms with Crippen molar-refractivity contribution in [2.45, 2.75) is 18.6 Å². The van der Waals surface area contributed by atoms with Crippen molar-refractivity contribution in [2.24, 2.45) is 0 Å². The minimum absolute atomic E-state index is 0.0591.